The molecule has 0 spiro atoms. The van der Waals surface area contributed by atoms with E-state index < -0.39 is 0 Å². The lowest BCUT2D eigenvalue weighted by Gasteiger charge is -2.03. The van der Waals surface area contributed by atoms with Gasteiger partial charge in [0.25, 0.3) is 0 Å². The molecule has 0 N–H and O–H groups in total. The molecule has 0 aromatic heterocycles. The van der Waals surface area contributed by atoms with Gasteiger partial charge in [-0.15, -0.1) is 0 Å². The Labute approximate surface area is 128 Å². The van der Waals surface area contributed by atoms with Crippen LogP contribution in [-0.2, 0) is 4.74 Å². The Bertz CT molecular complexity index is 138. The van der Waals surface area contributed by atoms with Gasteiger partial charge in [0, 0.05) is 6.61 Å². The Balaban J connectivity index is 2.89. The molecule has 0 aromatic rings. The summed E-state index contributed by atoms with van der Waals surface area (Å²) in [5.74, 6) is 0. The van der Waals surface area contributed by atoms with E-state index in [1.54, 1.807) is 0 Å². The van der Waals surface area contributed by atoms with E-state index in [0.717, 1.165) is 19.4 Å². The Morgan fingerprint density at radius 2 is 1.00 bits per heavy atom. The van der Waals surface area contributed by atoms with E-state index in [-0.39, 0.29) is 0 Å². The fourth-order valence-electron chi connectivity index (χ4n) is 2.53. The van der Waals surface area contributed by atoms with Gasteiger partial charge in [0.15, 0.2) is 0 Å². The molecule has 0 bridgehead atoms. The average Bonchev–Trinajstić information content (AvgIpc) is 2.47. The molecule has 0 aliphatic rings. The van der Waals surface area contributed by atoms with E-state index in [4.69, 9.17) is 4.74 Å². The van der Waals surface area contributed by atoms with Crippen molar-refractivity contribution in [3.63, 3.8) is 0 Å². The van der Waals surface area contributed by atoms with Crippen molar-refractivity contribution in [2.45, 2.75) is 110 Å². The molecule has 1 heteroatoms. The number of hydrogen-bond acceptors (Lipinski definition) is 1. The molecular formula is C19H39O. The minimum absolute atomic E-state index is 0.887. The van der Waals surface area contributed by atoms with Gasteiger partial charge < -0.3 is 4.74 Å². The topological polar surface area (TPSA) is 9.23 Å². The van der Waals surface area contributed by atoms with Gasteiger partial charge in [0.2, 0.25) is 0 Å². The molecule has 0 rings (SSSR count). The van der Waals surface area contributed by atoms with E-state index >= 15 is 0 Å². The van der Waals surface area contributed by atoms with Crippen molar-refractivity contribution < 1.29 is 4.74 Å². The zero-order valence-corrected chi connectivity index (χ0v) is 14.3. The molecule has 0 atom stereocenters. The Hall–Kier alpha value is -0.0400. The van der Waals surface area contributed by atoms with Crippen LogP contribution in [0.1, 0.15) is 110 Å². The smallest absolute Gasteiger partial charge is 0.0836 e. The maximum Gasteiger partial charge on any atom is 0.0836 e. The summed E-state index contributed by atoms with van der Waals surface area (Å²) in [5, 5.41) is 0. The van der Waals surface area contributed by atoms with Crippen molar-refractivity contribution in [1.82, 2.24) is 0 Å². The molecule has 0 fully saturated rings. The lowest BCUT2D eigenvalue weighted by Crippen LogP contribution is -1.89. The standard InChI is InChI=1S/C19H39O/c1-3-5-6-7-8-9-10-11-12-13-14-15-16-17-19-20-18-4-2/h19H,3-18H2,1-2H3. The first-order valence-electron chi connectivity index (χ1n) is 9.35. The third-order valence-corrected chi connectivity index (χ3v) is 3.87. The number of ether oxygens (including phenoxy) is 1. The van der Waals surface area contributed by atoms with Crippen LogP contribution >= 0.6 is 0 Å². The predicted molar refractivity (Wildman–Crippen MR) is 90.9 cm³/mol. The lowest BCUT2D eigenvalue weighted by molar-refractivity contribution is 0.190. The minimum Gasteiger partial charge on any atom is -0.376 e. The van der Waals surface area contributed by atoms with Crippen LogP contribution < -0.4 is 0 Å². The maximum atomic E-state index is 5.36. The molecule has 20 heavy (non-hydrogen) atoms. The second-order valence-electron chi connectivity index (χ2n) is 6.07. The molecule has 0 saturated carbocycles. The normalized spacial score (nSPS) is 11.1. The third-order valence-electron chi connectivity index (χ3n) is 3.87. The summed E-state index contributed by atoms with van der Waals surface area (Å²) in [6.07, 6.45) is 20.8. The van der Waals surface area contributed by atoms with Crippen LogP contribution in [0.25, 0.3) is 0 Å². The molecule has 0 saturated heterocycles. The van der Waals surface area contributed by atoms with Crippen molar-refractivity contribution in [2.24, 2.45) is 0 Å². The largest absolute Gasteiger partial charge is 0.376 e. The molecule has 1 radical (unpaired) electrons. The highest BCUT2D eigenvalue weighted by atomic mass is 16.5. The summed E-state index contributed by atoms with van der Waals surface area (Å²) in [5.41, 5.74) is 0. The van der Waals surface area contributed by atoms with Crippen molar-refractivity contribution in [3.05, 3.63) is 6.61 Å². The van der Waals surface area contributed by atoms with Crippen molar-refractivity contribution in [1.29, 1.82) is 0 Å². The summed E-state index contributed by atoms with van der Waals surface area (Å²) in [4.78, 5) is 0. The first-order chi connectivity index (χ1) is 9.91. The van der Waals surface area contributed by atoms with Gasteiger partial charge in [0.1, 0.15) is 0 Å². The summed E-state index contributed by atoms with van der Waals surface area (Å²) >= 11 is 0. The third kappa shape index (κ3) is 18.0. The Morgan fingerprint density at radius 3 is 1.45 bits per heavy atom. The molecular weight excluding hydrogens is 244 g/mol. The van der Waals surface area contributed by atoms with E-state index in [2.05, 4.69) is 13.8 Å². The number of unbranched alkanes of at least 4 members (excludes halogenated alkanes) is 13. The van der Waals surface area contributed by atoms with Crippen LogP contribution in [0.2, 0.25) is 0 Å². The van der Waals surface area contributed by atoms with Crippen molar-refractivity contribution in [3.8, 4) is 0 Å². The highest BCUT2D eigenvalue weighted by Crippen LogP contribution is 2.13. The SMILES string of the molecule is CCCCCCCCCCCCCCC[CH]OCCC. The van der Waals surface area contributed by atoms with Gasteiger partial charge in [-0.2, -0.15) is 0 Å². The minimum atomic E-state index is 0.887. The van der Waals surface area contributed by atoms with Crippen LogP contribution in [0.15, 0.2) is 0 Å². The molecule has 0 aliphatic heterocycles. The zero-order valence-electron chi connectivity index (χ0n) is 14.3. The first-order valence-corrected chi connectivity index (χ1v) is 9.35. The number of rotatable bonds is 17. The lowest BCUT2D eigenvalue weighted by atomic mass is 10.0. The Kier molecular flexibility index (Phi) is 18.9. The van der Waals surface area contributed by atoms with Gasteiger partial charge in [-0.05, 0) is 12.8 Å². The zero-order chi connectivity index (χ0) is 14.7. The van der Waals surface area contributed by atoms with E-state index in [1.165, 1.54) is 83.5 Å². The van der Waals surface area contributed by atoms with Crippen LogP contribution in [-0.4, -0.2) is 6.61 Å². The van der Waals surface area contributed by atoms with Gasteiger partial charge in [-0.3, -0.25) is 0 Å². The molecule has 121 valence electrons. The average molecular weight is 284 g/mol. The van der Waals surface area contributed by atoms with Gasteiger partial charge in [-0.1, -0.05) is 97.3 Å². The van der Waals surface area contributed by atoms with Gasteiger partial charge >= 0.3 is 0 Å². The summed E-state index contributed by atoms with van der Waals surface area (Å²) in [6, 6.07) is 0. The number of hydrogen-bond donors (Lipinski definition) is 0. The summed E-state index contributed by atoms with van der Waals surface area (Å²) < 4.78 is 5.36. The summed E-state index contributed by atoms with van der Waals surface area (Å²) in [6.45, 7) is 7.33. The monoisotopic (exact) mass is 283 g/mol. The van der Waals surface area contributed by atoms with Gasteiger partial charge in [-0.25, -0.2) is 0 Å². The molecule has 0 heterocycles. The highest BCUT2D eigenvalue weighted by molar-refractivity contribution is 4.53. The molecule has 0 unspecified atom stereocenters. The van der Waals surface area contributed by atoms with Crippen LogP contribution in [0.3, 0.4) is 0 Å². The first kappa shape index (κ1) is 20.0. The second-order valence-corrected chi connectivity index (χ2v) is 6.07. The van der Waals surface area contributed by atoms with E-state index in [1.807, 2.05) is 6.61 Å². The predicted octanol–water partition coefficient (Wildman–Crippen LogP) is 7.06. The van der Waals surface area contributed by atoms with Gasteiger partial charge in [0.05, 0.1) is 6.61 Å². The summed E-state index contributed by atoms with van der Waals surface area (Å²) in [7, 11) is 0. The van der Waals surface area contributed by atoms with E-state index in [9.17, 15) is 0 Å². The fraction of sp³-hybridized carbons (Fsp3) is 0.947. The van der Waals surface area contributed by atoms with Crippen LogP contribution in [0, 0.1) is 6.61 Å². The Morgan fingerprint density at radius 1 is 0.550 bits per heavy atom. The quantitative estimate of drug-likeness (QED) is 0.260. The molecule has 0 aliphatic carbocycles. The maximum absolute atomic E-state index is 5.36. The van der Waals surface area contributed by atoms with Crippen molar-refractivity contribution >= 4 is 0 Å². The second kappa shape index (κ2) is 19.0. The molecule has 0 aromatic carbocycles. The van der Waals surface area contributed by atoms with E-state index in [0.29, 0.717) is 0 Å². The molecule has 0 amide bonds. The van der Waals surface area contributed by atoms with Crippen LogP contribution in [0.4, 0.5) is 0 Å². The van der Waals surface area contributed by atoms with Crippen LogP contribution in [0.5, 0.6) is 0 Å². The van der Waals surface area contributed by atoms with Crippen molar-refractivity contribution in [2.75, 3.05) is 6.61 Å². The fourth-order valence-corrected chi connectivity index (χ4v) is 2.53. The highest BCUT2D eigenvalue weighted by Gasteiger charge is 1.94. The molecule has 1 nitrogen and oxygen atoms in total.